The lowest BCUT2D eigenvalue weighted by Gasteiger charge is -2.17. The van der Waals surface area contributed by atoms with Gasteiger partial charge in [0.05, 0.1) is 17.2 Å². The first kappa shape index (κ1) is 20.2. The van der Waals surface area contributed by atoms with Crippen molar-refractivity contribution in [1.29, 1.82) is 5.41 Å². The van der Waals surface area contributed by atoms with E-state index in [2.05, 4.69) is 44.6 Å². The highest BCUT2D eigenvalue weighted by Gasteiger charge is 2.12. The molecule has 8 nitrogen and oxygen atoms in total. The highest BCUT2D eigenvalue weighted by atomic mass is 15.2. The highest BCUT2D eigenvalue weighted by Crippen LogP contribution is 2.22. The number of fused-ring (bicyclic) bond motifs is 1. The van der Waals surface area contributed by atoms with E-state index < -0.39 is 0 Å². The molecule has 0 aliphatic carbocycles. The molecule has 8 heteroatoms. The zero-order valence-corrected chi connectivity index (χ0v) is 17.4. The van der Waals surface area contributed by atoms with Crippen molar-refractivity contribution in [3.8, 4) is 0 Å². The zero-order chi connectivity index (χ0) is 21.0. The molecule has 0 amide bonds. The molecule has 3 rings (SSSR count). The highest BCUT2D eigenvalue weighted by molar-refractivity contribution is 6.21. The van der Waals surface area contributed by atoms with Crippen LogP contribution in [0.4, 0.5) is 11.6 Å². The standard InChI is InChI=1S/C21H26N8/c1-13(2)14-9-20(28-25-11-14)27-19-7-6-17-18(26-19)8-15(10-24-17)16(12-23-3)21(22)29(4)5/h6-13,22-23H,1-5H3,(H,26,27,28)/b16-12-,22-21?. The maximum Gasteiger partial charge on any atom is 0.154 e. The normalized spacial score (nSPS) is 11.6. The van der Waals surface area contributed by atoms with Gasteiger partial charge in [-0.25, -0.2) is 4.98 Å². The summed E-state index contributed by atoms with van der Waals surface area (Å²) in [5, 5.41) is 22.8. The second-order valence-corrected chi connectivity index (χ2v) is 7.20. The van der Waals surface area contributed by atoms with Crippen LogP contribution in [0.3, 0.4) is 0 Å². The minimum Gasteiger partial charge on any atom is -0.393 e. The van der Waals surface area contributed by atoms with Gasteiger partial charge in [-0.1, -0.05) is 13.8 Å². The molecule has 0 bridgehead atoms. The Morgan fingerprint density at radius 1 is 1.10 bits per heavy atom. The van der Waals surface area contributed by atoms with Crippen molar-refractivity contribution in [2.75, 3.05) is 26.5 Å². The first-order chi connectivity index (χ1) is 13.9. The van der Waals surface area contributed by atoms with Crippen LogP contribution in [-0.2, 0) is 0 Å². The fraction of sp³-hybridized carbons (Fsp3) is 0.286. The Balaban J connectivity index is 1.96. The first-order valence-corrected chi connectivity index (χ1v) is 9.39. The summed E-state index contributed by atoms with van der Waals surface area (Å²) in [6.45, 7) is 4.23. The molecule has 0 aliphatic rings. The van der Waals surface area contributed by atoms with E-state index in [0.717, 1.165) is 27.7 Å². The Morgan fingerprint density at radius 3 is 2.59 bits per heavy atom. The molecule has 0 saturated carbocycles. The first-order valence-electron chi connectivity index (χ1n) is 9.39. The van der Waals surface area contributed by atoms with Gasteiger partial charge in [0.25, 0.3) is 0 Å². The third-order valence-corrected chi connectivity index (χ3v) is 4.44. The van der Waals surface area contributed by atoms with Crippen LogP contribution in [0.1, 0.15) is 30.9 Å². The average molecular weight is 390 g/mol. The molecule has 0 unspecified atom stereocenters. The fourth-order valence-electron chi connectivity index (χ4n) is 2.79. The summed E-state index contributed by atoms with van der Waals surface area (Å²) in [6.07, 6.45) is 5.32. The molecule has 3 aromatic heterocycles. The van der Waals surface area contributed by atoms with Gasteiger partial charge in [-0.2, -0.15) is 5.10 Å². The summed E-state index contributed by atoms with van der Waals surface area (Å²) in [5.74, 6) is 2.06. The van der Waals surface area contributed by atoms with Crippen LogP contribution in [0.5, 0.6) is 0 Å². The Labute approximate surface area is 170 Å². The molecule has 0 saturated heterocycles. The lowest BCUT2D eigenvalue weighted by molar-refractivity contribution is 0.624. The van der Waals surface area contributed by atoms with Gasteiger partial charge in [-0.05, 0) is 35.7 Å². The molecule has 0 radical (unpaired) electrons. The van der Waals surface area contributed by atoms with E-state index in [1.165, 1.54) is 0 Å². The molecule has 3 heterocycles. The third kappa shape index (κ3) is 4.66. The molecular weight excluding hydrogens is 364 g/mol. The lowest BCUT2D eigenvalue weighted by atomic mass is 10.1. The van der Waals surface area contributed by atoms with E-state index >= 15 is 0 Å². The number of aromatic nitrogens is 4. The maximum absolute atomic E-state index is 8.34. The second kappa shape index (κ2) is 8.64. The largest absolute Gasteiger partial charge is 0.393 e. The van der Waals surface area contributed by atoms with Crippen LogP contribution in [0.25, 0.3) is 16.6 Å². The van der Waals surface area contributed by atoms with Gasteiger partial charge >= 0.3 is 0 Å². The van der Waals surface area contributed by atoms with Crippen LogP contribution in [0.2, 0.25) is 0 Å². The van der Waals surface area contributed by atoms with Crippen molar-refractivity contribution in [1.82, 2.24) is 30.4 Å². The minimum absolute atomic E-state index is 0.367. The topological polar surface area (TPSA) is 103 Å². The quantitative estimate of drug-likeness (QED) is 0.438. The van der Waals surface area contributed by atoms with Crippen molar-refractivity contribution in [2.45, 2.75) is 19.8 Å². The average Bonchev–Trinajstić information content (AvgIpc) is 2.71. The summed E-state index contributed by atoms with van der Waals surface area (Å²) in [7, 11) is 5.49. The van der Waals surface area contributed by atoms with E-state index in [1.54, 1.807) is 23.5 Å². The molecule has 3 N–H and O–H groups in total. The second-order valence-electron chi connectivity index (χ2n) is 7.20. The fourth-order valence-corrected chi connectivity index (χ4v) is 2.79. The number of rotatable bonds is 6. The Bertz CT molecular complexity index is 1060. The SMILES string of the molecule is CN/C=C(\C(=N)N(C)C)c1cnc2ccc(Nc3cc(C(C)C)cnn3)nc2c1. The number of anilines is 2. The van der Waals surface area contributed by atoms with E-state index in [0.29, 0.717) is 23.4 Å². The van der Waals surface area contributed by atoms with Gasteiger partial charge in [-0.15, -0.1) is 5.10 Å². The minimum atomic E-state index is 0.367. The van der Waals surface area contributed by atoms with Crippen molar-refractivity contribution < 1.29 is 0 Å². The van der Waals surface area contributed by atoms with Crippen LogP contribution >= 0.6 is 0 Å². The Kier molecular flexibility index (Phi) is 6.01. The summed E-state index contributed by atoms with van der Waals surface area (Å²) in [5.41, 5.74) is 4.17. The zero-order valence-electron chi connectivity index (χ0n) is 17.4. The number of hydrogen-bond donors (Lipinski definition) is 3. The van der Waals surface area contributed by atoms with Crippen molar-refractivity contribution in [3.05, 3.63) is 54.0 Å². The number of hydrogen-bond acceptors (Lipinski definition) is 7. The lowest BCUT2D eigenvalue weighted by Crippen LogP contribution is -2.23. The van der Waals surface area contributed by atoms with Crippen molar-refractivity contribution in [2.24, 2.45) is 0 Å². The number of pyridine rings is 2. The number of nitrogens with one attached hydrogen (secondary N) is 3. The molecule has 0 aliphatic heterocycles. The molecule has 150 valence electrons. The van der Waals surface area contributed by atoms with Gasteiger partial charge < -0.3 is 15.5 Å². The van der Waals surface area contributed by atoms with Crippen LogP contribution in [0, 0.1) is 5.41 Å². The van der Waals surface area contributed by atoms with E-state index in [1.807, 2.05) is 45.4 Å². The van der Waals surface area contributed by atoms with Crippen LogP contribution in [0.15, 0.2) is 42.9 Å². The van der Waals surface area contributed by atoms with E-state index in [4.69, 9.17) is 5.41 Å². The molecule has 29 heavy (non-hydrogen) atoms. The monoisotopic (exact) mass is 390 g/mol. The molecular formula is C21H26N8. The molecule has 0 atom stereocenters. The van der Waals surface area contributed by atoms with Gasteiger partial charge in [0.15, 0.2) is 5.82 Å². The predicted octanol–water partition coefficient (Wildman–Crippen LogP) is 3.39. The van der Waals surface area contributed by atoms with Crippen LogP contribution in [-0.4, -0.2) is 52.0 Å². The van der Waals surface area contributed by atoms with Crippen molar-refractivity contribution in [3.63, 3.8) is 0 Å². The van der Waals surface area contributed by atoms with E-state index in [-0.39, 0.29) is 0 Å². The van der Waals surface area contributed by atoms with Crippen molar-refractivity contribution >= 4 is 34.1 Å². The van der Waals surface area contributed by atoms with E-state index in [9.17, 15) is 0 Å². The summed E-state index contributed by atoms with van der Waals surface area (Å²) < 4.78 is 0. The molecule has 0 aromatic carbocycles. The van der Waals surface area contributed by atoms with Crippen LogP contribution < -0.4 is 10.6 Å². The Hall–Kier alpha value is -3.55. The Morgan fingerprint density at radius 2 is 1.90 bits per heavy atom. The summed E-state index contributed by atoms with van der Waals surface area (Å²) in [4.78, 5) is 10.9. The third-order valence-electron chi connectivity index (χ3n) is 4.44. The van der Waals surface area contributed by atoms with Gasteiger partial charge in [0.2, 0.25) is 0 Å². The maximum atomic E-state index is 8.34. The summed E-state index contributed by atoms with van der Waals surface area (Å²) >= 11 is 0. The van der Waals surface area contributed by atoms with Gasteiger partial charge in [0.1, 0.15) is 11.7 Å². The number of likely N-dealkylation sites (N-methyl/N-ethyl adjacent to an activating group) is 1. The predicted molar refractivity (Wildman–Crippen MR) is 117 cm³/mol. The molecule has 3 aromatic rings. The smallest absolute Gasteiger partial charge is 0.154 e. The van der Waals surface area contributed by atoms with Gasteiger partial charge in [-0.3, -0.25) is 10.4 Å². The molecule has 0 spiro atoms. The number of amidine groups is 1. The summed E-state index contributed by atoms with van der Waals surface area (Å²) in [6, 6.07) is 7.69. The number of nitrogens with zero attached hydrogens (tertiary/aromatic N) is 5. The molecule has 0 fully saturated rings. The van der Waals surface area contributed by atoms with Gasteiger partial charge in [0, 0.05) is 44.7 Å².